The van der Waals surface area contributed by atoms with Crippen molar-refractivity contribution in [2.75, 3.05) is 11.1 Å². The Balaban J connectivity index is 2.27. The highest BCUT2D eigenvalue weighted by Gasteiger charge is 2.11. The van der Waals surface area contributed by atoms with E-state index in [0.717, 1.165) is 12.1 Å². The number of nitrogens with zero attached hydrogens (tertiary/aromatic N) is 2. The number of nitrogen functional groups attached to an aromatic ring is 1. The van der Waals surface area contributed by atoms with E-state index in [2.05, 4.69) is 15.3 Å². The van der Waals surface area contributed by atoms with Gasteiger partial charge in [0, 0.05) is 11.8 Å². The van der Waals surface area contributed by atoms with Crippen LogP contribution < -0.4 is 15.8 Å². The molecule has 1 heterocycles. The molecule has 7 heteroatoms. The number of nitrogens with one attached hydrogen (secondary N) is 1. The summed E-state index contributed by atoms with van der Waals surface area (Å²) >= 11 is 0. The molecule has 0 bridgehead atoms. The molecule has 2 rings (SSSR count). The van der Waals surface area contributed by atoms with Crippen molar-refractivity contribution in [2.45, 2.75) is 20.0 Å². The quantitative estimate of drug-likeness (QED) is 0.901. The number of ether oxygens (including phenoxy) is 1. The number of benzene rings is 1. The Morgan fingerprint density at radius 1 is 1.20 bits per heavy atom. The topological polar surface area (TPSA) is 73.1 Å². The second kappa shape index (κ2) is 5.68. The van der Waals surface area contributed by atoms with Gasteiger partial charge in [0.15, 0.2) is 17.5 Å². The Morgan fingerprint density at radius 3 is 2.60 bits per heavy atom. The number of hydrogen-bond acceptors (Lipinski definition) is 5. The molecule has 1 aromatic carbocycles. The molecule has 0 amide bonds. The van der Waals surface area contributed by atoms with Crippen molar-refractivity contribution in [1.29, 1.82) is 0 Å². The van der Waals surface area contributed by atoms with Crippen molar-refractivity contribution in [3.63, 3.8) is 0 Å². The average Bonchev–Trinajstić information content (AvgIpc) is 2.38. The third-order valence-corrected chi connectivity index (χ3v) is 2.38. The van der Waals surface area contributed by atoms with Gasteiger partial charge in [-0.1, -0.05) is 0 Å². The molecule has 3 N–H and O–H groups in total. The van der Waals surface area contributed by atoms with E-state index in [-0.39, 0.29) is 23.5 Å². The van der Waals surface area contributed by atoms with Gasteiger partial charge in [-0.3, -0.25) is 0 Å². The van der Waals surface area contributed by atoms with Crippen LogP contribution in [0.15, 0.2) is 24.5 Å². The molecule has 0 saturated heterocycles. The monoisotopic (exact) mass is 280 g/mol. The highest BCUT2D eigenvalue weighted by atomic mass is 19.2. The van der Waals surface area contributed by atoms with Crippen LogP contribution in [-0.4, -0.2) is 16.1 Å². The van der Waals surface area contributed by atoms with E-state index in [1.807, 2.05) is 13.8 Å². The lowest BCUT2D eigenvalue weighted by atomic mass is 10.3. The molecular formula is C13H14F2N4O. The molecule has 0 fully saturated rings. The summed E-state index contributed by atoms with van der Waals surface area (Å²) in [6.07, 6.45) is 1.18. The third-order valence-electron chi connectivity index (χ3n) is 2.38. The first-order chi connectivity index (χ1) is 9.47. The van der Waals surface area contributed by atoms with E-state index >= 15 is 0 Å². The van der Waals surface area contributed by atoms with Crippen LogP contribution in [0.3, 0.4) is 0 Å². The number of hydrogen-bond donors (Lipinski definition) is 2. The predicted octanol–water partition coefficient (Wildman–Crippen LogP) is 2.87. The molecule has 0 unspecified atom stereocenters. The van der Waals surface area contributed by atoms with Crippen molar-refractivity contribution in [2.24, 2.45) is 0 Å². The molecule has 106 valence electrons. The predicted molar refractivity (Wildman–Crippen MR) is 71.8 cm³/mol. The van der Waals surface area contributed by atoms with Crippen LogP contribution in [0.5, 0.6) is 5.88 Å². The molecule has 0 saturated carbocycles. The molecule has 0 aliphatic heterocycles. The zero-order chi connectivity index (χ0) is 14.7. The summed E-state index contributed by atoms with van der Waals surface area (Å²) in [6.45, 7) is 3.67. The first-order valence-electron chi connectivity index (χ1n) is 5.96. The first-order valence-corrected chi connectivity index (χ1v) is 5.96. The van der Waals surface area contributed by atoms with Gasteiger partial charge in [0.25, 0.3) is 0 Å². The van der Waals surface area contributed by atoms with Crippen LogP contribution >= 0.6 is 0 Å². The zero-order valence-electron chi connectivity index (χ0n) is 11.0. The summed E-state index contributed by atoms with van der Waals surface area (Å²) in [5.41, 5.74) is 6.39. The van der Waals surface area contributed by atoms with E-state index in [1.165, 1.54) is 12.4 Å². The van der Waals surface area contributed by atoms with Crippen LogP contribution in [0.1, 0.15) is 13.8 Å². The van der Waals surface area contributed by atoms with Crippen LogP contribution in [-0.2, 0) is 0 Å². The maximum absolute atomic E-state index is 13.1. The summed E-state index contributed by atoms with van der Waals surface area (Å²) in [5.74, 6) is -1.38. The van der Waals surface area contributed by atoms with Gasteiger partial charge < -0.3 is 15.8 Å². The van der Waals surface area contributed by atoms with Crippen molar-refractivity contribution in [3.8, 4) is 5.88 Å². The van der Waals surface area contributed by atoms with Gasteiger partial charge in [-0.05, 0) is 26.0 Å². The van der Waals surface area contributed by atoms with Gasteiger partial charge in [0.05, 0.1) is 6.10 Å². The molecule has 0 aliphatic carbocycles. The fraction of sp³-hybridized carbons (Fsp3) is 0.231. The van der Waals surface area contributed by atoms with Crippen molar-refractivity contribution in [1.82, 2.24) is 9.97 Å². The van der Waals surface area contributed by atoms with Gasteiger partial charge in [0.1, 0.15) is 12.0 Å². The van der Waals surface area contributed by atoms with Crippen molar-refractivity contribution >= 4 is 17.2 Å². The summed E-state index contributed by atoms with van der Waals surface area (Å²) < 4.78 is 31.4. The molecule has 1 aromatic heterocycles. The number of anilines is 3. The smallest absolute Gasteiger partial charge is 0.242 e. The fourth-order valence-electron chi connectivity index (χ4n) is 1.51. The average molecular weight is 280 g/mol. The van der Waals surface area contributed by atoms with Crippen LogP contribution in [0.25, 0.3) is 0 Å². The lowest BCUT2D eigenvalue weighted by Gasteiger charge is -2.13. The Kier molecular flexibility index (Phi) is 3.97. The van der Waals surface area contributed by atoms with Gasteiger partial charge in [0.2, 0.25) is 5.88 Å². The second-order valence-electron chi connectivity index (χ2n) is 4.36. The summed E-state index contributed by atoms with van der Waals surface area (Å²) in [7, 11) is 0. The fourth-order valence-corrected chi connectivity index (χ4v) is 1.51. The lowest BCUT2D eigenvalue weighted by Crippen LogP contribution is -2.10. The molecule has 20 heavy (non-hydrogen) atoms. The Labute approximate surface area is 114 Å². The molecule has 0 aliphatic rings. The van der Waals surface area contributed by atoms with E-state index in [0.29, 0.717) is 5.69 Å². The number of rotatable bonds is 4. The van der Waals surface area contributed by atoms with Gasteiger partial charge in [-0.2, -0.15) is 4.98 Å². The lowest BCUT2D eigenvalue weighted by molar-refractivity contribution is 0.234. The second-order valence-corrected chi connectivity index (χ2v) is 4.36. The maximum Gasteiger partial charge on any atom is 0.242 e. The molecule has 5 nitrogen and oxygen atoms in total. The van der Waals surface area contributed by atoms with Crippen LogP contribution in [0, 0.1) is 11.6 Å². The Bertz CT molecular complexity index is 619. The van der Waals surface area contributed by atoms with Crippen molar-refractivity contribution < 1.29 is 13.5 Å². The summed E-state index contributed by atoms with van der Waals surface area (Å²) in [6, 6.07) is 3.41. The number of nitrogens with two attached hydrogens (primary N) is 1. The van der Waals surface area contributed by atoms with Crippen LogP contribution in [0.2, 0.25) is 0 Å². The standard InChI is InChI=1S/C13H14F2N4O/c1-7(2)20-13-11(16)12(17-6-18-13)19-8-3-4-9(14)10(15)5-8/h3-7H,16H2,1-2H3,(H,17,18,19). The normalized spacial score (nSPS) is 10.7. The largest absolute Gasteiger partial charge is 0.473 e. The molecular weight excluding hydrogens is 266 g/mol. The minimum Gasteiger partial charge on any atom is -0.473 e. The minimum atomic E-state index is -0.957. The number of halogens is 2. The van der Waals surface area contributed by atoms with Crippen molar-refractivity contribution in [3.05, 3.63) is 36.2 Å². The molecule has 0 radical (unpaired) electrons. The van der Waals surface area contributed by atoms with Gasteiger partial charge >= 0.3 is 0 Å². The molecule has 0 spiro atoms. The SMILES string of the molecule is CC(C)Oc1ncnc(Nc2ccc(F)c(F)c2)c1N. The third kappa shape index (κ3) is 3.11. The van der Waals surface area contributed by atoms with E-state index < -0.39 is 11.6 Å². The first kappa shape index (κ1) is 14.0. The zero-order valence-corrected chi connectivity index (χ0v) is 11.0. The molecule has 0 atom stereocenters. The van der Waals surface area contributed by atoms with E-state index in [1.54, 1.807) is 0 Å². The van der Waals surface area contributed by atoms with Gasteiger partial charge in [-0.25, -0.2) is 13.8 Å². The number of aromatic nitrogens is 2. The molecule has 2 aromatic rings. The summed E-state index contributed by atoms with van der Waals surface area (Å²) in [4.78, 5) is 7.87. The highest BCUT2D eigenvalue weighted by molar-refractivity contribution is 5.72. The van der Waals surface area contributed by atoms with E-state index in [9.17, 15) is 8.78 Å². The minimum absolute atomic E-state index is 0.0942. The Hall–Kier alpha value is -2.44. The highest BCUT2D eigenvalue weighted by Crippen LogP contribution is 2.28. The Morgan fingerprint density at radius 2 is 1.95 bits per heavy atom. The van der Waals surface area contributed by atoms with Crippen LogP contribution in [0.4, 0.5) is 26.0 Å². The van der Waals surface area contributed by atoms with Gasteiger partial charge in [-0.15, -0.1) is 0 Å². The maximum atomic E-state index is 13.1. The van der Waals surface area contributed by atoms with E-state index in [4.69, 9.17) is 10.5 Å². The summed E-state index contributed by atoms with van der Waals surface area (Å²) in [5, 5.41) is 2.79.